The molecule has 6 heteroatoms. The van der Waals surface area contributed by atoms with Crippen LogP contribution in [0.4, 0.5) is 5.69 Å². The first kappa shape index (κ1) is 18.1. The molecule has 26 heavy (non-hydrogen) atoms. The Hall–Kier alpha value is -2.73. The highest BCUT2D eigenvalue weighted by Crippen LogP contribution is 2.28. The maximum atomic E-state index is 12.2. The number of hydrogen-bond acceptors (Lipinski definition) is 4. The third kappa shape index (κ3) is 4.08. The zero-order valence-electron chi connectivity index (χ0n) is 15.0. The van der Waals surface area contributed by atoms with Crippen molar-refractivity contribution in [1.29, 1.82) is 0 Å². The normalized spacial score (nSPS) is 10.6. The van der Waals surface area contributed by atoms with Gasteiger partial charge in [0.05, 0.1) is 34.8 Å². The van der Waals surface area contributed by atoms with Crippen LogP contribution < -0.4 is 10.1 Å². The quantitative estimate of drug-likeness (QED) is 0.663. The first-order valence-electron chi connectivity index (χ1n) is 8.27. The van der Waals surface area contributed by atoms with E-state index in [1.807, 2.05) is 73.1 Å². The SMILES string of the molecule is COc1ccc(NC(=O)CSc2c(C)nn(-c3ccccc3)c2C)cc1. The van der Waals surface area contributed by atoms with E-state index in [1.54, 1.807) is 7.11 Å². The van der Waals surface area contributed by atoms with Crippen molar-refractivity contribution in [3.8, 4) is 11.4 Å². The molecule has 0 bridgehead atoms. The van der Waals surface area contributed by atoms with Gasteiger partial charge in [0.25, 0.3) is 0 Å². The van der Waals surface area contributed by atoms with Crippen LogP contribution >= 0.6 is 11.8 Å². The van der Waals surface area contributed by atoms with Gasteiger partial charge < -0.3 is 10.1 Å². The number of nitrogens with zero attached hydrogens (tertiary/aromatic N) is 2. The van der Waals surface area contributed by atoms with E-state index in [2.05, 4.69) is 10.4 Å². The van der Waals surface area contributed by atoms with Gasteiger partial charge in [0, 0.05) is 5.69 Å². The molecule has 1 amide bonds. The first-order chi connectivity index (χ1) is 12.6. The Morgan fingerprint density at radius 3 is 2.46 bits per heavy atom. The molecule has 0 atom stereocenters. The predicted octanol–water partition coefficient (Wildman–Crippen LogP) is 4.23. The van der Waals surface area contributed by atoms with Gasteiger partial charge in [0.15, 0.2) is 0 Å². The maximum Gasteiger partial charge on any atom is 0.234 e. The summed E-state index contributed by atoms with van der Waals surface area (Å²) in [5, 5.41) is 7.51. The molecule has 0 aliphatic carbocycles. The van der Waals surface area contributed by atoms with Crippen molar-refractivity contribution in [3.63, 3.8) is 0 Å². The van der Waals surface area contributed by atoms with Gasteiger partial charge >= 0.3 is 0 Å². The second-order valence-corrected chi connectivity index (χ2v) is 6.80. The molecular formula is C20H21N3O2S. The number of aryl methyl sites for hydroxylation is 1. The molecule has 0 fully saturated rings. The molecule has 1 aromatic heterocycles. The minimum atomic E-state index is -0.0496. The maximum absolute atomic E-state index is 12.2. The Labute approximate surface area is 157 Å². The molecule has 0 aliphatic heterocycles. The van der Waals surface area contributed by atoms with E-state index >= 15 is 0 Å². The van der Waals surface area contributed by atoms with Gasteiger partial charge in [-0.25, -0.2) is 4.68 Å². The fraction of sp³-hybridized carbons (Fsp3) is 0.200. The lowest BCUT2D eigenvalue weighted by molar-refractivity contribution is -0.113. The van der Waals surface area contributed by atoms with Crippen LogP contribution in [0.3, 0.4) is 0 Å². The fourth-order valence-corrected chi connectivity index (χ4v) is 3.56. The van der Waals surface area contributed by atoms with Crippen LogP contribution in [-0.2, 0) is 4.79 Å². The number of methoxy groups -OCH3 is 1. The Bertz CT molecular complexity index is 889. The summed E-state index contributed by atoms with van der Waals surface area (Å²) in [6.07, 6.45) is 0. The van der Waals surface area contributed by atoms with Crippen LogP contribution in [0, 0.1) is 13.8 Å². The van der Waals surface area contributed by atoms with Crippen molar-refractivity contribution in [2.24, 2.45) is 0 Å². The summed E-state index contributed by atoms with van der Waals surface area (Å²) in [4.78, 5) is 13.3. The lowest BCUT2D eigenvalue weighted by Gasteiger charge is -2.07. The van der Waals surface area contributed by atoms with Crippen molar-refractivity contribution < 1.29 is 9.53 Å². The molecular weight excluding hydrogens is 346 g/mol. The van der Waals surface area contributed by atoms with Crippen molar-refractivity contribution in [2.45, 2.75) is 18.7 Å². The summed E-state index contributed by atoms with van der Waals surface area (Å²) in [5.74, 6) is 1.04. The Kier molecular flexibility index (Phi) is 5.63. The zero-order chi connectivity index (χ0) is 18.5. The number of aromatic nitrogens is 2. The van der Waals surface area contributed by atoms with Gasteiger partial charge in [0.1, 0.15) is 5.75 Å². The van der Waals surface area contributed by atoms with Crippen LogP contribution in [-0.4, -0.2) is 28.6 Å². The molecule has 1 N–H and O–H groups in total. The number of para-hydroxylation sites is 1. The highest BCUT2D eigenvalue weighted by molar-refractivity contribution is 8.00. The summed E-state index contributed by atoms with van der Waals surface area (Å²) in [7, 11) is 1.62. The summed E-state index contributed by atoms with van der Waals surface area (Å²) < 4.78 is 7.03. The van der Waals surface area contributed by atoms with Gasteiger partial charge in [-0.05, 0) is 50.2 Å². The lowest BCUT2D eigenvalue weighted by Crippen LogP contribution is -2.14. The number of anilines is 1. The monoisotopic (exact) mass is 367 g/mol. The molecule has 0 saturated heterocycles. The molecule has 3 aromatic rings. The number of carbonyl (C=O) groups excluding carboxylic acids is 1. The number of thioether (sulfide) groups is 1. The number of benzene rings is 2. The van der Waals surface area contributed by atoms with Gasteiger partial charge in [-0.1, -0.05) is 18.2 Å². The molecule has 0 aliphatic rings. The van der Waals surface area contributed by atoms with E-state index in [9.17, 15) is 4.79 Å². The largest absolute Gasteiger partial charge is 0.497 e. The van der Waals surface area contributed by atoms with E-state index in [1.165, 1.54) is 11.8 Å². The topological polar surface area (TPSA) is 56.1 Å². The van der Waals surface area contributed by atoms with E-state index in [4.69, 9.17) is 4.74 Å². The molecule has 0 radical (unpaired) electrons. The molecule has 2 aromatic carbocycles. The molecule has 1 heterocycles. The van der Waals surface area contributed by atoms with E-state index in [0.29, 0.717) is 5.75 Å². The summed E-state index contributed by atoms with van der Waals surface area (Å²) in [5.41, 5.74) is 3.73. The highest BCUT2D eigenvalue weighted by Gasteiger charge is 2.15. The molecule has 134 valence electrons. The van der Waals surface area contributed by atoms with E-state index in [0.717, 1.165) is 33.4 Å². The first-order valence-corrected chi connectivity index (χ1v) is 9.25. The van der Waals surface area contributed by atoms with Gasteiger partial charge in [-0.15, -0.1) is 11.8 Å². The second-order valence-electron chi connectivity index (χ2n) is 5.81. The molecule has 0 spiro atoms. The zero-order valence-corrected chi connectivity index (χ0v) is 15.8. The van der Waals surface area contributed by atoms with Crippen LogP contribution in [0.1, 0.15) is 11.4 Å². The number of ether oxygens (including phenoxy) is 1. The van der Waals surface area contributed by atoms with Crippen molar-refractivity contribution >= 4 is 23.4 Å². The van der Waals surface area contributed by atoms with Gasteiger partial charge in [-0.2, -0.15) is 5.10 Å². The Balaban J connectivity index is 1.65. The lowest BCUT2D eigenvalue weighted by atomic mass is 10.3. The highest BCUT2D eigenvalue weighted by atomic mass is 32.2. The third-order valence-corrected chi connectivity index (χ3v) is 5.23. The van der Waals surface area contributed by atoms with Crippen LogP contribution in [0.2, 0.25) is 0 Å². The van der Waals surface area contributed by atoms with E-state index < -0.39 is 0 Å². The van der Waals surface area contributed by atoms with E-state index in [-0.39, 0.29) is 5.91 Å². The number of rotatable bonds is 6. The second kappa shape index (κ2) is 8.10. The van der Waals surface area contributed by atoms with Crippen LogP contribution in [0.5, 0.6) is 5.75 Å². The Morgan fingerprint density at radius 2 is 1.81 bits per heavy atom. The van der Waals surface area contributed by atoms with Gasteiger partial charge in [-0.3, -0.25) is 4.79 Å². The number of nitrogens with one attached hydrogen (secondary N) is 1. The summed E-state index contributed by atoms with van der Waals surface area (Å²) in [6, 6.07) is 17.3. The fourth-order valence-electron chi connectivity index (χ4n) is 2.67. The van der Waals surface area contributed by atoms with Crippen LogP contribution in [0.15, 0.2) is 59.5 Å². The average molecular weight is 367 g/mol. The average Bonchev–Trinajstić information content (AvgIpc) is 2.95. The minimum absolute atomic E-state index is 0.0496. The number of hydrogen-bond donors (Lipinski definition) is 1. The Morgan fingerprint density at radius 1 is 1.12 bits per heavy atom. The molecule has 5 nitrogen and oxygen atoms in total. The summed E-state index contributed by atoms with van der Waals surface area (Å²) in [6.45, 7) is 3.99. The van der Waals surface area contributed by atoms with Gasteiger partial charge in [0.2, 0.25) is 5.91 Å². The minimum Gasteiger partial charge on any atom is -0.497 e. The number of amides is 1. The van der Waals surface area contributed by atoms with Crippen molar-refractivity contribution in [1.82, 2.24) is 9.78 Å². The third-order valence-electron chi connectivity index (χ3n) is 3.95. The molecule has 0 unspecified atom stereocenters. The van der Waals surface area contributed by atoms with Crippen molar-refractivity contribution in [3.05, 3.63) is 66.0 Å². The molecule has 3 rings (SSSR count). The smallest absolute Gasteiger partial charge is 0.234 e. The summed E-state index contributed by atoms with van der Waals surface area (Å²) >= 11 is 1.50. The van der Waals surface area contributed by atoms with Crippen LogP contribution in [0.25, 0.3) is 5.69 Å². The molecule has 0 saturated carbocycles. The standard InChI is InChI=1S/C20H21N3O2S/c1-14-20(15(2)23(22-14)17-7-5-4-6-8-17)26-13-19(24)21-16-9-11-18(25-3)12-10-16/h4-12H,13H2,1-3H3,(H,21,24). The van der Waals surface area contributed by atoms with Crippen molar-refractivity contribution in [2.75, 3.05) is 18.2 Å². The number of carbonyl (C=O) groups is 1. The predicted molar refractivity (Wildman–Crippen MR) is 105 cm³/mol.